The van der Waals surface area contributed by atoms with Crippen LogP contribution in [0.3, 0.4) is 0 Å². The van der Waals surface area contributed by atoms with Crippen LogP contribution in [-0.4, -0.2) is 6.54 Å². The van der Waals surface area contributed by atoms with Crippen LogP contribution in [0.4, 0.5) is 5.69 Å². The molecule has 1 aromatic carbocycles. The lowest BCUT2D eigenvalue weighted by molar-refractivity contribution is 1.27. The van der Waals surface area contributed by atoms with E-state index in [-0.39, 0.29) is 0 Å². The molecule has 0 aliphatic heterocycles. The minimum absolute atomic E-state index is 0.740. The Bertz CT molecular complexity index is 318. The summed E-state index contributed by atoms with van der Waals surface area (Å²) in [5.41, 5.74) is 3.46. The standard InChI is InChI=1S/C11H14ClN/c1-4-7-13-11-9(3)8(2)5-6-10(11)12/h4-6,13H,1,7H2,2-3H3. The van der Waals surface area contributed by atoms with Gasteiger partial charge in [0.1, 0.15) is 0 Å². The zero-order chi connectivity index (χ0) is 9.84. The second-order valence-electron chi connectivity index (χ2n) is 3.03. The fourth-order valence-electron chi connectivity index (χ4n) is 1.17. The summed E-state index contributed by atoms with van der Waals surface area (Å²) in [6.45, 7) is 8.53. The van der Waals surface area contributed by atoms with E-state index in [1.54, 1.807) is 0 Å². The molecule has 0 saturated heterocycles. The molecule has 0 atom stereocenters. The van der Waals surface area contributed by atoms with Gasteiger partial charge in [0.15, 0.2) is 0 Å². The Hall–Kier alpha value is -0.950. The fraction of sp³-hybridized carbons (Fsp3) is 0.273. The lowest BCUT2D eigenvalue weighted by atomic mass is 10.1. The molecular formula is C11H14ClN. The summed E-state index contributed by atoms with van der Waals surface area (Å²) in [6.07, 6.45) is 1.82. The zero-order valence-electron chi connectivity index (χ0n) is 8.02. The van der Waals surface area contributed by atoms with Gasteiger partial charge in [-0.2, -0.15) is 0 Å². The van der Waals surface area contributed by atoms with Gasteiger partial charge in [0.05, 0.1) is 10.7 Å². The van der Waals surface area contributed by atoms with Crippen molar-refractivity contribution in [2.75, 3.05) is 11.9 Å². The SMILES string of the molecule is C=CCNc1c(Cl)ccc(C)c1C. The van der Waals surface area contributed by atoms with Crippen molar-refractivity contribution in [3.63, 3.8) is 0 Å². The second kappa shape index (κ2) is 4.33. The summed E-state index contributed by atoms with van der Waals surface area (Å²) in [4.78, 5) is 0. The highest BCUT2D eigenvalue weighted by molar-refractivity contribution is 6.33. The van der Waals surface area contributed by atoms with E-state index in [9.17, 15) is 0 Å². The van der Waals surface area contributed by atoms with Gasteiger partial charge in [0, 0.05) is 6.54 Å². The minimum Gasteiger partial charge on any atom is -0.380 e. The number of nitrogens with one attached hydrogen (secondary N) is 1. The molecule has 0 unspecified atom stereocenters. The van der Waals surface area contributed by atoms with E-state index < -0.39 is 0 Å². The number of hydrogen-bond acceptors (Lipinski definition) is 1. The first kappa shape index (κ1) is 10.1. The first-order valence-electron chi connectivity index (χ1n) is 4.27. The van der Waals surface area contributed by atoms with Crippen LogP contribution in [0, 0.1) is 13.8 Å². The van der Waals surface area contributed by atoms with E-state index in [4.69, 9.17) is 11.6 Å². The van der Waals surface area contributed by atoms with Crippen molar-refractivity contribution < 1.29 is 0 Å². The predicted octanol–water partition coefficient (Wildman–Crippen LogP) is 3.55. The van der Waals surface area contributed by atoms with E-state index in [1.165, 1.54) is 11.1 Å². The van der Waals surface area contributed by atoms with Gasteiger partial charge in [0.25, 0.3) is 0 Å². The monoisotopic (exact) mass is 195 g/mol. The summed E-state index contributed by atoms with van der Waals surface area (Å²) in [5.74, 6) is 0. The number of halogens is 1. The summed E-state index contributed by atoms with van der Waals surface area (Å²) >= 11 is 6.04. The molecule has 70 valence electrons. The maximum absolute atomic E-state index is 6.04. The van der Waals surface area contributed by atoms with Gasteiger partial charge < -0.3 is 5.32 Å². The Balaban J connectivity index is 3.02. The summed E-state index contributed by atoms with van der Waals surface area (Å²) in [7, 11) is 0. The minimum atomic E-state index is 0.740. The van der Waals surface area contributed by atoms with Gasteiger partial charge in [0.2, 0.25) is 0 Å². The highest BCUT2D eigenvalue weighted by atomic mass is 35.5. The van der Waals surface area contributed by atoms with Crippen molar-refractivity contribution in [2.24, 2.45) is 0 Å². The first-order chi connectivity index (χ1) is 6.16. The Morgan fingerprint density at radius 1 is 1.46 bits per heavy atom. The highest BCUT2D eigenvalue weighted by Crippen LogP contribution is 2.27. The molecule has 0 aliphatic rings. The summed E-state index contributed by atoms with van der Waals surface area (Å²) < 4.78 is 0. The van der Waals surface area contributed by atoms with Crippen LogP contribution in [-0.2, 0) is 0 Å². The van der Waals surface area contributed by atoms with E-state index in [2.05, 4.69) is 25.7 Å². The highest BCUT2D eigenvalue weighted by Gasteiger charge is 2.04. The maximum Gasteiger partial charge on any atom is 0.0640 e. The van der Waals surface area contributed by atoms with Gasteiger partial charge >= 0.3 is 0 Å². The molecule has 0 saturated carbocycles. The average Bonchev–Trinajstić information content (AvgIpc) is 2.12. The normalized spacial score (nSPS) is 9.77. The third-order valence-electron chi connectivity index (χ3n) is 2.11. The summed E-state index contributed by atoms with van der Waals surface area (Å²) in [5, 5.41) is 3.99. The van der Waals surface area contributed by atoms with Crippen LogP contribution >= 0.6 is 11.6 Å². The van der Waals surface area contributed by atoms with Gasteiger partial charge in [-0.1, -0.05) is 23.7 Å². The van der Waals surface area contributed by atoms with E-state index >= 15 is 0 Å². The second-order valence-corrected chi connectivity index (χ2v) is 3.44. The van der Waals surface area contributed by atoms with Crippen molar-refractivity contribution in [2.45, 2.75) is 13.8 Å². The van der Waals surface area contributed by atoms with Crippen LogP contribution < -0.4 is 5.32 Å². The van der Waals surface area contributed by atoms with Gasteiger partial charge in [-0.15, -0.1) is 6.58 Å². The number of aryl methyl sites for hydroxylation is 1. The molecule has 0 fully saturated rings. The van der Waals surface area contributed by atoms with E-state index in [1.807, 2.05) is 18.2 Å². The molecule has 1 nitrogen and oxygen atoms in total. The Labute approximate surface area is 84.4 Å². The third kappa shape index (κ3) is 2.25. The van der Waals surface area contributed by atoms with E-state index in [0.717, 1.165) is 17.3 Å². The molecule has 1 N–H and O–H groups in total. The van der Waals surface area contributed by atoms with Gasteiger partial charge in [-0.25, -0.2) is 0 Å². The largest absolute Gasteiger partial charge is 0.380 e. The first-order valence-corrected chi connectivity index (χ1v) is 4.65. The van der Waals surface area contributed by atoms with Gasteiger partial charge in [-0.05, 0) is 31.0 Å². The summed E-state index contributed by atoms with van der Waals surface area (Å²) in [6, 6.07) is 3.94. The van der Waals surface area contributed by atoms with Crippen molar-refractivity contribution in [3.8, 4) is 0 Å². The topological polar surface area (TPSA) is 12.0 Å². The molecule has 1 aromatic rings. The van der Waals surface area contributed by atoms with Crippen LogP contribution in [0.2, 0.25) is 5.02 Å². The fourth-order valence-corrected chi connectivity index (χ4v) is 1.45. The van der Waals surface area contributed by atoms with Gasteiger partial charge in [-0.3, -0.25) is 0 Å². The smallest absolute Gasteiger partial charge is 0.0640 e. The molecule has 13 heavy (non-hydrogen) atoms. The van der Waals surface area contributed by atoms with Crippen LogP contribution in [0.5, 0.6) is 0 Å². The molecule has 0 amide bonds. The molecule has 0 bridgehead atoms. The molecular weight excluding hydrogens is 182 g/mol. The molecule has 2 heteroatoms. The molecule has 1 rings (SSSR count). The molecule has 0 spiro atoms. The molecule has 0 radical (unpaired) electrons. The lowest BCUT2D eigenvalue weighted by Crippen LogP contribution is -2.01. The number of benzene rings is 1. The Morgan fingerprint density at radius 3 is 2.77 bits per heavy atom. The third-order valence-corrected chi connectivity index (χ3v) is 2.42. The quantitative estimate of drug-likeness (QED) is 0.728. The zero-order valence-corrected chi connectivity index (χ0v) is 8.78. The van der Waals surface area contributed by atoms with Crippen molar-refractivity contribution in [1.82, 2.24) is 0 Å². The average molecular weight is 196 g/mol. The van der Waals surface area contributed by atoms with Crippen LogP contribution in [0.25, 0.3) is 0 Å². The number of hydrogen-bond donors (Lipinski definition) is 1. The van der Waals surface area contributed by atoms with Crippen LogP contribution in [0.15, 0.2) is 24.8 Å². The molecule has 0 heterocycles. The van der Waals surface area contributed by atoms with Crippen molar-refractivity contribution in [1.29, 1.82) is 0 Å². The molecule has 0 aliphatic carbocycles. The molecule has 0 aromatic heterocycles. The van der Waals surface area contributed by atoms with E-state index in [0.29, 0.717) is 0 Å². The van der Waals surface area contributed by atoms with Crippen LogP contribution in [0.1, 0.15) is 11.1 Å². The Morgan fingerprint density at radius 2 is 2.15 bits per heavy atom. The maximum atomic E-state index is 6.04. The van der Waals surface area contributed by atoms with Crippen molar-refractivity contribution >= 4 is 17.3 Å². The lowest BCUT2D eigenvalue weighted by Gasteiger charge is -2.11. The number of anilines is 1. The number of rotatable bonds is 3. The Kier molecular flexibility index (Phi) is 3.38. The predicted molar refractivity (Wildman–Crippen MR) is 59.6 cm³/mol. The van der Waals surface area contributed by atoms with Crippen molar-refractivity contribution in [3.05, 3.63) is 40.9 Å².